The number of nitrogens with two attached hydrogens (primary N) is 1. The summed E-state index contributed by atoms with van der Waals surface area (Å²) in [7, 11) is 1.94. The number of alkyl halides is 1. The number of aryl methyl sites for hydroxylation is 2. The maximum atomic E-state index is 12.0. The number of benzene rings is 2. The van der Waals surface area contributed by atoms with Gasteiger partial charge in [-0.1, -0.05) is 31.2 Å². The molecule has 6 nitrogen and oxygen atoms in total. The summed E-state index contributed by atoms with van der Waals surface area (Å²) in [4.78, 5) is 26.3. The number of hydrogen-bond acceptors (Lipinski definition) is 4. The lowest BCUT2D eigenvalue weighted by Crippen LogP contribution is -3.00. The molecule has 0 spiro atoms. The second-order valence-electron chi connectivity index (χ2n) is 7.64. The molecule has 2 aromatic heterocycles. The monoisotopic (exact) mass is 558 g/mol. The van der Waals surface area contributed by atoms with Gasteiger partial charge in [-0.05, 0) is 65.5 Å². The van der Waals surface area contributed by atoms with Gasteiger partial charge in [-0.15, -0.1) is 11.6 Å². The van der Waals surface area contributed by atoms with E-state index in [0.717, 1.165) is 23.4 Å². The van der Waals surface area contributed by atoms with Crippen molar-refractivity contribution in [1.29, 1.82) is 0 Å². The Morgan fingerprint density at radius 3 is 1.81 bits per heavy atom. The average molecular weight is 560 g/mol. The summed E-state index contributed by atoms with van der Waals surface area (Å²) >= 11 is 10.8. The molecule has 0 aliphatic heterocycles. The van der Waals surface area contributed by atoms with Gasteiger partial charge in [-0.3, -0.25) is 14.6 Å². The predicted molar refractivity (Wildman–Crippen MR) is 146 cm³/mol. The number of halogens is 3. The molecule has 4 rings (SSSR count). The summed E-state index contributed by atoms with van der Waals surface area (Å²) in [6.07, 6.45) is 8.10. The number of rotatable bonds is 5. The molecule has 2 aromatic carbocycles. The van der Waals surface area contributed by atoms with E-state index in [2.05, 4.69) is 17.2 Å². The second kappa shape index (κ2) is 17.1. The van der Waals surface area contributed by atoms with Gasteiger partial charge >= 0.3 is 0 Å². The van der Waals surface area contributed by atoms with Crippen molar-refractivity contribution in [1.82, 2.24) is 4.98 Å². The maximum Gasteiger partial charge on any atom is 0.255 e. The number of aromatic nitrogens is 2. The van der Waals surface area contributed by atoms with Gasteiger partial charge in [-0.2, -0.15) is 0 Å². The number of amides is 1. The summed E-state index contributed by atoms with van der Waals surface area (Å²) in [5, 5.41) is 2.43. The van der Waals surface area contributed by atoms with E-state index in [-0.39, 0.29) is 18.3 Å². The number of pyridine rings is 2. The highest BCUT2D eigenvalue weighted by Crippen LogP contribution is 2.10. The van der Waals surface area contributed by atoms with E-state index in [1.807, 2.05) is 60.4 Å². The van der Waals surface area contributed by atoms with Crippen LogP contribution in [0, 0.1) is 0 Å². The van der Waals surface area contributed by atoms with Crippen LogP contribution in [0.4, 0.5) is 11.4 Å². The first-order chi connectivity index (χ1) is 17.3. The van der Waals surface area contributed by atoms with Crippen LogP contribution in [0.5, 0.6) is 0 Å². The summed E-state index contributed by atoms with van der Waals surface area (Å²) < 4.78 is 1.92. The fourth-order valence-corrected chi connectivity index (χ4v) is 3.07. The van der Waals surface area contributed by atoms with Gasteiger partial charge in [0.05, 0.1) is 5.69 Å². The zero-order valence-electron chi connectivity index (χ0n) is 20.6. The smallest absolute Gasteiger partial charge is 0.255 e. The third-order valence-electron chi connectivity index (χ3n) is 4.90. The molecule has 0 aliphatic rings. The Kier molecular flexibility index (Phi) is 14.6. The largest absolute Gasteiger partial charge is 1.00 e. The Hall–Kier alpha value is -3.45. The fourth-order valence-electron chi connectivity index (χ4n) is 2.77. The molecule has 0 saturated carbocycles. The number of nitrogen functional groups attached to an aromatic ring is 1. The van der Waals surface area contributed by atoms with Crippen molar-refractivity contribution in [3.63, 3.8) is 0 Å². The van der Waals surface area contributed by atoms with Gasteiger partial charge in [-0.25, -0.2) is 4.57 Å². The third-order valence-corrected chi connectivity index (χ3v) is 5.43. The van der Waals surface area contributed by atoms with Crippen LogP contribution in [0.15, 0.2) is 97.6 Å². The third kappa shape index (κ3) is 11.9. The number of nitrogens with zero attached hydrogens (tertiary/aromatic N) is 2. The van der Waals surface area contributed by atoms with Crippen molar-refractivity contribution >= 4 is 45.7 Å². The minimum absolute atomic E-state index is 0. The van der Waals surface area contributed by atoms with Crippen LogP contribution in [-0.2, 0) is 19.3 Å². The Bertz CT molecular complexity index is 1220. The second-order valence-corrected chi connectivity index (χ2v) is 8.25. The van der Waals surface area contributed by atoms with Gasteiger partial charge in [0.25, 0.3) is 11.1 Å². The normalized spacial score (nSPS) is 9.41. The van der Waals surface area contributed by atoms with Crippen LogP contribution in [-0.4, -0.2) is 16.1 Å². The summed E-state index contributed by atoms with van der Waals surface area (Å²) in [6, 6.07) is 21.8. The predicted octanol–water partition coefficient (Wildman–Crippen LogP) is 2.80. The quantitative estimate of drug-likeness (QED) is 0.224. The minimum Gasteiger partial charge on any atom is -1.00 e. The first kappa shape index (κ1) is 31.6. The SMILES string of the molecule is CCc1ccc(C(=O)Nc2cc[n+](C)cc2)cc1.Nc1ccncc1.O=C(Cl)c1ccc(CCl)cc1.[Cl-]. The van der Waals surface area contributed by atoms with Crippen LogP contribution >= 0.6 is 23.2 Å². The van der Waals surface area contributed by atoms with Gasteiger partial charge in [0, 0.05) is 47.2 Å². The lowest BCUT2D eigenvalue weighted by atomic mass is 10.1. The van der Waals surface area contributed by atoms with Crippen molar-refractivity contribution < 1.29 is 26.6 Å². The van der Waals surface area contributed by atoms with Gasteiger partial charge in [0.15, 0.2) is 12.4 Å². The number of anilines is 2. The zero-order chi connectivity index (χ0) is 26.3. The number of carbonyl (C=O) groups is 2. The Balaban J connectivity index is 0.000000306. The molecular weight excluding hydrogens is 531 g/mol. The van der Waals surface area contributed by atoms with Crippen molar-refractivity contribution in [2.24, 2.45) is 7.05 Å². The van der Waals surface area contributed by atoms with Crippen molar-refractivity contribution in [2.45, 2.75) is 19.2 Å². The van der Waals surface area contributed by atoms with Crippen LogP contribution < -0.4 is 28.0 Å². The van der Waals surface area contributed by atoms with E-state index in [0.29, 0.717) is 17.0 Å². The maximum absolute atomic E-state index is 12.0. The highest BCUT2D eigenvalue weighted by atomic mass is 35.5. The van der Waals surface area contributed by atoms with E-state index < -0.39 is 5.24 Å². The van der Waals surface area contributed by atoms with E-state index >= 15 is 0 Å². The van der Waals surface area contributed by atoms with E-state index in [4.69, 9.17) is 28.9 Å². The number of carbonyl (C=O) groups excluding carboxylic acids is 2. The molecule has 0 atom stereocenters. The molecule has 0 unspecified atom stereocenters. The first-order valence-electron chi connectivity index (χ1n) is 11.2. The van der Waals surface area contributed by atoms with E-state index in [1.165, 1.54) is 5.56 Å². The van der Waals surface area contributed by atoms with E-state index in [9.17, 15) is 9.59 Å². The topological polar surface area (TPSA) is 89.0 Å². The molecule has 37 heavy (non-hydrogen) atoms. The van der Waals surface area contributed by atoms with Crippen LogP contribution in [0.1, 0.15) is 38.8 Å². The molecule has 2 heterocycles. The lowest BCUT2D eigenvalue weighted by molar-refractivity contribution is -0.671. The van der Waals surface area contributed by atoms with Gasteiger partial charge in [0.1, 0.15) is 7.05 Å². The molecule has 0 aliphatic carbocycles. The van der Waals surface area contributed by atoms with Gasteiger partial charge < -0.3 is 23.5 Å². The Morgan fingerprint density at radius 2 is 1.38 bits per heavy atom. The first-order valence-corrected chi connectivity index (χ1v) is 12.1. The van der Waals surface area contributed by atoms with Crippen molar-refractivity contribution in [3.8, 4) is 0 Å². The minimum atomic E-state index is -0.439. The average Bonchev–Trinajstić information content (AvgIpc) is 2.91. The molecule has 3 N–H and O–H groups in total. The number of hydrogen-bond donors (Lipinski definition) is 2. The Morgan fingerprint density at radius 1 is 0.865 bits per heavy atom. The Labute approximate surface area is 233 Å². The molecule has 4 aromatic rings. The molecule has 0 saturated heterocycles. The molecule has 0 bridgehead atoms. The number of nitrogens with one attached hydrogen (secondary N) is 1. The summed E-state index contributed by atoms with van der Waals surface area (Å²) in [5.41, 5.74) is 10.3. The molecule has 0 fully saturated rings. The van der Waals surface area contributed by atoms with E-state index in [1.54, 1.807) is 48.8 Å². The van der Waals surface area contributed by atoms with Crippen molar-refractivity contribution in [3.05, 3.63) is 120 Å². The van der Waals surface area contributed by atoms with Gasteiger partial charge in [0.2, 0.25) is 0 Å². The molecular formula is C28H29Cl3N4O2. The molecule has 9 heteroatoms. The molecule has 0 radical (unpaired) electrons. The summed E-state index contributed by atoms with van der Waals surface area (Å²) in [6.45, 7) is 2.10. The molecule has 1 amide bonds. The fraction of sp³-hybridized carbons (Fsp3) is 0.143. The zero-order valence-corrected chi connectivity index (χ0v) is 22.8. The highest BCUT2D eigenvalue weighted by Gasteiger charge is 2.06. The van der Waals surface area contributed by atoms with Crippen LogP contribution in [0.2, 0.25) is 0 Å². The standard InChI is InChI=1S/C15H16N2O.C8H6Cl2O.C5H6N2.ClH/c1-3-12-4-6-13(7-5-12)15(18)16-14-8-10-17(2)11-9-14;9-5-6-1-3-7(4-2-6)8(10)11;6-5-1-3-7-4-2-5;/h4-11H,3H2,1-2H3;1-4H,5H2;1-4H,(H2,6,7);1H. The summed E-state index contributed by atoms with van der Waals surface area (Å²) in [5.74, 6) is 0.378. The highest BCUT2D eigenvalue weighted by molar-refractivity contribution is 6.67. The lowest BCUT2D eigenvalue weighted by Gasteiger charge is -2.05. The van der Waals surface area contributed by atoms with Crippen LogP contribution in [0.3, 0.4) is 0 Å². The van der Waals surface area contributed by atoms with Crippen molar-refractivity contribution in [2.75, 3.05) is 11.1 Å². The van der Waals surface area contributed by atoms with Crippen LogP contribution in [0.25, 0.3) is 0 Å². The molecule has 194 valence electrons.